The van der Waals surface area contributed by atoms with Crippen molar-refractivity contribution in [3.63, 3.8) is 0 Å². The summed E-state index contributed by atoms with van der Waals surface area (Å²) in [6, 6.07) is 15.6. The lowest BCUT2D eigenvalue weighted by molar-refractivity contribution is -0.139. The predicted molar refractivity (Wildman–Crippen MR) is 126 cm³/mol. The van der Waals surface area contributed by atoms with E-state index in [4.69, 9.17) is 28.4 Å². The molecule has 0 radical (unpaired) electrons. The number of carbonyl (C=O) groups is 2. The van der Waals surface area contributed by atoms with Crippen LogP contribution >= 0.6 is 0 Å². The minimum atomic E-state index is -0.484. The average molecular weight is 481 g/mol. The first kappa shape index (κ1) is 24.5. The molecule has 4 rings (SSSR count). The quantitative estimate of drug-likeness (QED) is 0.258. The minimum Gasteiger partial charge on any atom is -0.462 e. The van der Waals surface area contributed by atoms with Crippen LogP contribution in [0, 0.1) is 0 Å². The molecule has 8 nitrogen and oxygen atoms in total. The zero-order valence-corrected chi connectivity index (χ0v) is 19.7. The summed E-state index contributed by atoms with van der Waals surface area (Å²) in [5.74, 6) is 0.381. The Bertz CT molecular complexity index is 988. The summed E-state index contributed by atoms with van der Waals surface area (Å²) in [6.45, 7) is 11.3. The third kappa shape index (κ3) is 6.29. The van der Waals surface area contributed by atoms with Crippen molar-refractivity contribution in [2.75, 3.05) is 13.2 Å². The first-order valence-electron chi connectivity index (χ1n) is 11.2. The molecule has 184 valence electrons. The predicted octanol–water partition coefficient (Wildman–Crippen LogP) is 3.68. The van der Waals surface area contributed by atoms with Crippen LogP contribution in [0.1, 0.15) is 25.0 Å². The summed E-state index contributed by atoms with van der Waals surface area (Å²) in [6.07, 6.45) is 0.833. The molecule has 0 aromatic heterocycles. The number of hydrogen-bond acceptors (Lipinski definition) is 8. The zero-order valence-electron chi connectivity index (χ0n) is 19.7. The Hall–Kier alpha value is -3.62. The summed E-state index contributed by atoms with van der Waals surface area (Å²) in [4.78, 5) is 22.3. The number of rotatable bonds is 12. The van der Waals surface area contributed by atoms with Crippen molar-refractivity contribution in [2.45, 2.75) is 44.1 Å². The summed E-state index contributed by atoms with van der Waals surface area (Å²) >= 11 is 0. The minimum absolute atomic E-state index is 0.136. The molecule has 2 aromatic rings. The molecule has 4 atom stereocenters. The summed E-state index contributed by atoms with van der Waals surface area (Å²) in [5.41, 5.74) is 1.97. The van der Waals surface area contributed by atoms with Crippen LogP contribution in [0.4, 0.5) is 0 Å². The van der Waals surface area contributed by atoms with E-state index in [0.717, 1.165) is 23.3 Å². The third-order valence-corrected chi connectivity index (χ3v) is 5.84. The Labute approximate surface area is 204 Å². The van der Waals surface area contributed by atoms with Crippen molar-refractivity contribution in [3.05, 3.63) is 85.0 Å². The molecule has 2 aliphatic heterocycles. The number of carbonyl (C=O) groups excluding carboxylic acids is 2. The van der Waals surface area contributed by atoms with Gasteiger partial charge in [-0.1, -0.05) is 51.3 Å². The van der Waals surface area contributed by atoms with E-state index in [2.05, 4.69) is 27.0 Å². The summed E-state index contributed by atoms with van der Waals surface area (Å²) in [5, 5.41) is 0. The van der Waals surface area contributed by atoms with Crippen LogP contribution in [0.25, 0.3) is 0 Å². The SMILES string of the molecule is C=CC(=O)OCC1OC1Oc1ccc(C(C)(C)c2ccc(OC3OC3COC(=O)C=C)cc2)cc1. The van der Waals surface area contributed by atoms with Gasteiger partial charge in [0.25, 0.3) is 0 Å². The van der Waals surface area contributed by atoms with Gasteiger partial charge in [-0.15, -0.1) is 0 Å². The van der Waals surface area contributed by atoms with Gasteiger partial charge in [-0.25, -0.2) is 9.59 Å². The van der Waals surface area contributed by atoms with E-state index in [1.54, 1.807) is 0 Å². The highest BCUT2D eigenvalue weighted by Crippen LogP contribution is 2.35. The molecule has 4 unspecified atom stereocenters. The maximum atomic E-state index is 11.1. The van der Waals surface area contributed by atoms with E-state index >= 15 is 0 Å². The van der Waals surface area contributed by atoms with Crippen molar-refractivity contribution >= 4 is 11.9 Å². The lowest BCUT2D eigenvalue weighted by atomic mass is 9.78. The largest absolute Gasteiger partial charge is 0.462 e. The molecule has 0 spiro atoms. The fourth-order valence-corrected chi connectivity index (χ4v) is 3.48. The van der Waals surface area contributed by atoms with E-state index in [0.29, 0.717) is 11.5 Å². The molecule has 0 aliphatic carbocycles. The standard InChI is InChI=1S/C27H28O8/c1-5-23(28)30-15-21-25(34-21)32-19-11-7-17(8-12-19)27(3,4)18-9-13-20(14-10-18)33-26-22(35-26)16-31-24(29)6-2/h5-14,21-22,25-26H,1-2,15-16H2,3-4H3. The van der Waals surface area contributed by atoms with Crippen molar-refractivity contribution < 1.29 is 38.0 Å². The Balaban J connectivity index is 1.27. The van der Waals surface area contributed by atoms with Crippen LogP contribution in [0.15, 0.2) is 73.8 Å². The summed E-state index contributed by atoms with van der Waals surface area (Å²) in [7, 11) is 0. The Kier molecular flexibility index (Phi) is 7.23. The van der Waals surface area contributed by atoms with Crippen LogP contribution in [-0.2, 0) is 34.0 Å². The highest BCUT2D eigenvalue weighted by molar-refractivity contribution is 5.81. The number of esters is 2. The molecule has 2 fully saturated rings. The van der Waals surface area contributed by atoms with E-state index < -0.39 is 24.5 Å². The van der Waals surface area contributed by atoms with Gasteiger partial charge >= 0.3 is 11.9 Å². The van der Waals surface area contributed by atoms with Crippen LogP contribution in [-0.4, -0.2) is 49.9 Å². The number of ether oxygens (including phenoxy) is 6. The highest BCUT2D eigenvalue weighted by Gasteiger charge is 2.43. The van der Waals surface area contributed by atoms with Gasteiger partial charge < -0.3 is 28.4 Å². The lowest BCUT2D eigenvalue weighted by Gasteiger charge is -2.26. The number of epoxide rings is 2. The number of hydrogen-bond donors (Lipinski definition) is 0. The van der Waals surface area contributed by atoms with Crippen molar-refractivity contribution in [3.8, 4) is 11.5 Å². The van der Waals surface area contributed by atoms with E-state index in [1.807, 2.05) is 48.5 Å². The van der Waals surface area contributed by atoms with Gasteiger partial charge in [0, 0.05) is 17.6 Å². The lowest BCUT2D eigenvalue weighted by Crippen LogP contribution is -2.19. The second kappa shape index (κ2) is 10.3. The van der Waals surface area contributed by atoms with Crippen molar-refractivity contribution in [1.29, 1.82) is 0 Å². The van der Waals surface area contributed by atoms with Gasteiger partial charge in [-0.2, -0.15) is 0 Å². The molecule has 2 heterocycles. The maximum absolute atomic E-state index is 11.1. The summed E-state index contributed by atoms with van der Waals surface area (Å²) < 4.78 is 32.2. The van der Waals surface area contributed by atoms with Crippen molar-refractivity contribution in [1.82, 2.24) is 0 Å². The molecule has 8 heteroatoms. The van der Waals surface area contributed by atoms with Gasteiger partial charge in [0.1, 0.15) is 24.7 Å². The molecule has 0 saturated carbocycles. The molecule has 0 amide bonds. The Morgan fingerprint density at radius 2 is 1.14 bits per heavy atom. The van der Waals surface area contributed by atoms with Gasteiger partial charge in [0.2, 0.25) is 12.6 Å². The molecule has 0 N–H and O–H groups in total. The van der Waals surface area contributed by atoms with Crippen LogP contribution < -0.4 is 9.47 Å². The fourth-order valence-electron chi connectivity index (χ4n) is 3.48. The normalized spacial score (nSPS) is 22.5. The maximum Gasteiger partial charge on any atom is 0.330 e. The Morgan fingerprint density at radius 3 is 1.49 bits per heavy atom. The van der Waals surface area contributed by atoms with Gasteiger partial charge in [0.15, 0.2) is 12.2 Å². The molecule has 2 saturated heterocycles. The molecule has 35 heavy (non-hydrogen) atoms. The molecular weight excluding hydrogens is 452 g/mol. The number of benzene rings is 2. The van der Waals surface area contributed by atoms with E-state index in [-0.39, 0.29) is 30.8 Å². The molecule has 2 aliphatic rings. The highest BCUT2D eigenvalue weighted by atomic mass is 16.8. The van der Waals surface area contributed by atoms with Crippen molar-refractivity contribution in [2.24, 2.45) is 0 Å². The first-order chi connectivity index (χ1) is 16.8. The molecular formula is C27H28O8. The molecule has 0 bridgehead atoms. The average Bonchev–Trinajstić information content (AvgIpc) is 3.79. The fraction of sp³-hybridized carbons (Fsp3) is 0.333. The smallest absolute Gasteiger partial charge is 0.330 e. The second-order valence-electron chi connectivity index (χ2n) is 8.66. The van der Waals surface area contributed by atoms with Gasteiger partial charge in [0.05, 0.1) is 0 Å². The Morgan fingerprint density at radius 1 is 0.771 bits per heavy atom. The third-order valence-electron chi connectivity index (χ3n) is 5.84. The van der Waals surface area contributed by atoms with Crippen LogP contribution in [0.3, 0.4) is 0 Å². The monoisotopic (exact) mass is 480 g/mol. The van der Waals surface area contributed by atoms with Crippen LogP contribution in [0.2, 0.25) is 0 Å². The first-order valence-corrected chi connectivity index (χ1v) is 11.2. The van der Waals surface area contributed by atoms with E-state index in [9.17, 15) is 9.59 Å². The topological polar surface area (TPSA) is 96.1 Å². The second-order valence-corrected chi connectivity index (χ2v) is 8.66. The van der Waals surface area contributed by atoms with Gasteiger partial charge in [-0.3, -0.25) is 0 Å². The van der Waals surface area contributed by atoms with Crippen LogP contribution in [0.5, 0.6) is 11.5 Å². The van der Waals surface area contributed by atoms with E-state index in [1.165, 1.54) is 0 Å². The van der Waals surface area contributed by atoms with Gasteiger partial charge in [-0.05, 0) is 35.4 Å². The zero-order chi connectivity index (χ0) is 25.0. The molecule has 2 aromatic carbocycles.